The lowest BCUT2D eigenvalue weighted by Crippen LogP contribution is -2.40. The summed E-state index contributed by atoms with van der Waals surface area (Å²) in [5.74, 6) is 2.71. The Balaban J connectivity index is 1.52. The van der Waals surface area contributed by atoms with Crippen LogP contribution in [0.4, 0.5) is 14.6 Å². The molecule has 3 aromatic rings. The highest BCUT2D eigenvalue weighted by molar-refractivity contribution is 6.15. The van der Waals surface area contributed by atoms with Gasteiger partial charge in [-0.3, -0.25) is 14.5 Å². The molecule has 11 nitrogen and oxygen atoms in total. The number of amides is 2. The summed E-state index contributed by atoms with van der Waals surface area (Å²) in [6.45, 7) is 10.9. The number of nitrogens with zero attached hydrogens (tertiary/aromatic N) is 6. The molecule has 4 heterocycles. The molecule has 0 unspecified atom stereocenters. The van der Waals surface area contributed by atoms with Crippen molar-refractivity contribution in [1.29, 1.82) is 0 Å². The monoisotopic (exact) mass is 607 g/mol. The number of carbonyl (C=O) groups excluding carboxylic acids is 2. The number of morpholine rings is 1. The normalized spacial score (nSPS) is 18.9. The molecule has 1 atom stereocenters. The zero-order valence-corrected chi connectivity index (χ0v) is 25.0. The van der Waals surface area contributed by atoms with Gasteiger partial charge in [-0.25, -0.2) is 18.4 Å². The maximum atomic E-state index is 15.3. The van der Waals surface area contributed by atoms with Crippen molar-refractivity contribution in [1.82, 2.24) is 29.1 Å². The zero-order valence-electron chi connectivity index (χ0n) is 24.0. The molecule has 0 saturated carbocycles. The van der Waals surface area contributed by atoms with Crippen LogP contribution in [0.15, 0.2) is 25.0 Å². The van der Waals surface area contributed by atoms with Crippen molar-refractivity contribution in [2.24, 2.45) is 5.73 Å². The van der Waals surface area contributed by atoms with Crippen molar-refractivity contribution in [2.75, 3.05) is 57.8 Å². The van der Waals surface area contributed by atoms with Gasteiger partial charge in [0.2, 0.25) is 5.91 Å². The molecule has 0 bridgehead atoms. The van der Waals surface area contributed by atoms with Gasteiger partial charge in [0.1, 0.15) is 22.7 Å². The maximum Gasteiger partial charge on any atom is 0.255 e. The second kappa shape index (κ2) is 12.7. The first kappa shape index (κ1) is 30.4. The molecule has 14 heteroatoms. The first-order chi connectivity index (χ1) is 20.7. The molecule has 2 aliphatic heterocycles. The van der Waals surface area contributed by atoms with Crippen LogP contribution in [0.2, 0.25) is 0 Å². The Labute approximate surface area is 251 Å². The molecule has 2 aromatic heterocycles. The Morgan fingerprint density at radius 1 is 1.28 bits per heavy atom. The standard InChI is InChI=1S/C29H33F2N8O3Si/c1-3-23(40)38-11-8-29(43,17-38)39-28(33-9-5-10-36-12-14-42-15-13-36)24(27(32)41)21(35-39)7-6-19-20(30)16-22-26(25(19)31)34-18-37(22)4-2/h3,16,18,33H,1,4-5,8-15,17H2,2H3,(H2,32,41)/t29-/m1/s1. The predicted molar refractivity (Wildman–Crippen MR) is 158 cm³/mol. The number of aromatic nitrogens is 4. The van der Waals surface area contributed by atoms with Crippen molar-refractivity contribution >= 4 is 38.9 Å². The van der Waals surface area contributed by atoms with Gasteiger partial charge in [-0.05, 0) is 38.3 Å². The number of ether oxygens (including phenoxy) is 1. The number of hydrogen-bond donors (Lipinski definition) is 2. The van der Waals surface area contributed by atoms with E-state index < -0.39 is 28.3 Å². The van der Waals surface area contributed by atoms with E-state index in [1.807, 2.05) is 6.92 Å². The van der Waals surface area contributed by atoms with E-state index in [4.69, 9.17) is 10.5 Å². The van der Waals surface area contributed by atoms with E-state index in [-0.39, 0.29) is 29.2 Å². The van der Waals surface area contributed by atoms with E-state index >= 15 is 8.78 Å². The fourth-order valence-electron chi connectivity index (χ4n) is 5.45. The molecule has 5 rings (SSSR count). The van der Waals surface area contributed by atoms with Crippen LogP contribution in [0.25, 0.3) is 11.0 Å². The average Bonchev–Trinajstić information content (AvgIpc) is 3.71. The molecule has 2 fully saturated rings. The van der Waals surface area contributed by atoms with Crippen molar-refractivity contribution in [3.05, 3.63) is 53.5 Å². The number of hydrogen-bond acceptors (Lipinski definition) is 7. The smallest absolute Gasteiger partial charge is 0.255 e. The Morgan fingerprint density at radius 2 is 2.05 bits per heavy atom. The second-order valence-corrected chi connectivity index (χ2v) is 11.5. The SMILES string of the molecule is C=CC(=O)N1CC[C@]([Si])(n2nc(C#Cc3c(F)cc4c(ncn4CC)c3F)c(C(N)=O)c2NCCCN2CCOCC2)C1. The third kappa shape index (κ3) is 6.06. The van der Waals surface area contributed by atoms with E-state index in [0.717, 1.165) is 26.1 Å². The lowest BCUT2D eigenvalue weighted by atomic mass is 10.1. The van der Waals surface area contributed by atoms with Crippen LogP contribution in [0, 0.1) is 23.5 Å². The van der Waals surface area contributed by atoms with Gasteiger partial charge in [-0.15, -0.1) is 0 Å². The second-order valence-electron chi connectivity index (χ2n) is 10.5. The van der Waals surface area contributed by atoms with Crippen molar-refractivity contribution in [2.45, 2.75) is 31.5 Å². The highest BCUT2D eigenvalue weighted by atomic mass is 28.1. The van der Waals surface area contributed by atoms with Crippen LogP contribution in [-0.4, -0.2) is 104 Å². The fourth-order valence-corrected chi connectivity index (χ4v) is 5.91. The van der Waals surface area contributed by atoms with Gasteiger partial charge in [0.05, 0.1) is 46.0 Å². The van der Waals surface area contributed by atoms with Crippen molar-refractivity contribution in [3.63, 3.8) is 0 Å². The summed E-state index contributed by atoms with van der Waals surface area (Å²) in [6, 6.07) is 1.19. The van der Waals surface area contributed by atoms with E-state index in [0.29, 0.717) is 50.6 Å². The molecule has 225 valence electrons. The first-order valence-electron chi connectivity index (χ1n) is 14.1. The van der Waals surface area contributed by atoms with Crippen LogP contribution in [0.3, 0.4) is 0 Å². The van der Waals surface area contributed by atoms with Crippen LogP contribution < -0.4 is 11.1 Å². The van der Waals surface area contributed by atoms with E-state index in [1.165, 1.54) is 18.5 Å². The summed E-state index contributed by atoms with van der Waals surface area (Å²) in [5, 5.41) is 6.99. The number of nitrogens with two attached hydrogens (primary N) is 1. The van der Waals surface area contributed by atoms with E-state index in [9.17, 15) is 9.59 Å². The maximum absolute atomic E-state index is 15.3. The minimum absolute atomic E-state index is 0.00660. The summed E-state index contributed by atoms with van der Waals surface area (Å²) in [6.07, 6.45) is 3.88. The lowest BCUT2D eigenvalue weighted by molar-refractivity contribution is -0.125. The molecular weight excluding hydrogens is 574 g/mol. The molecule has 2 saturated heterocycles. The number of likely N-dealkylation sites (tertiary alicyclic amines) is 1. The lowest BCUT2D eigenvalue weighted by Gasteiger charge is -2.28. The van der Waals surface area contributed by atoms with Crippen LogP contribution in [0.5, 0.6) is 0 Å². The molecule has 2 amide bonds. The third-order valence-corrected chi connectivity index (χ3v) is 8.39. The molecule has 3 radical (unpaired) electrons. The number of rotatable bonds is 9. The van der Waals surface area contributed by atoms with Crippen LogP contribution >= 0.6 is 0 Å². The highest BCUT2D eigenvalue weighted by Crippen LogP contribution is 2.32. The summed E-state index contributed by atoms with van der Waals surface area (Å²) < 4.78 is 39.0. The van der Waals surface area contributed by atoms with Gasteiger partial charge in [-0.1, -0.05) is 12.5 Å². The number of nitrogens with one attached hydrogen (secondary N) is 1. The summed E-state index contributed by atoms with van der Waals surface area (Å²) >= 11 is 0. The Kier molecular flexibility index (Phi) is 8.95. The first-order valence-corrected chi connectivity index (χ1v) is 14.6. The van der Waals surface area contributed by atoms with Crippen LogP contribution in [0.1, 0.15) is 41.4 Å². The molecule has 0 aliphatic carbocycles. The minimum Gasteiger partial charge on any atom is -0.379 e. The van der Waals surface area contributed by atoms with Crippen molar-refractivity contribution in [3.8, 4) is 11.8 Å². The number of benzene rings is 1. The van der Waals surface area contributed by atoms with Crippen LogP contribution in [-0.2, 0) is 21.2 Å². The van der Waals surface area contributed by atoms with Gasteiger partial charge in [0.25, 0.3) is 5.91 Å². The number of aryl methyl sites for hydroxylation is 1. The number of fused-ring (bicyclic) bond motifs is 1. The Hall–Kier alpha value is -4.06. The number of carbonyl (C=O) groups is 2. The van der Waals surface area contributed by atoms with Crippen molar-refractivity contribution < 1.29 is 23.1 Å². The Bertz CT molecular complexity index is 1620. The molecular formula is C29H33F2N8O3Si. The van der Waals surface area contributed by atoms with Gasteiger partial charge in [-0.2, -0.15) is 5.10 Å². The quantitative estimate of drug-likeness (QED) is 0.163. The summed E-state index contributed by atoms with van der Waals surface area (Å²) in [4.78, 5) is 33.1. The molecule has 3 N–H and O–H groups in total. The molecule has 1 aromatic carbocycles. The van der Waals surface area contributed by atoms with Gasteiger partial charge < -0.3 is 25.3 Å². The Morgan fingerprint density at radius 3 is 2.74 bits per heavy atom. The number of anilines is 1. The minimum atomic E-state index is -0.905. The molecule has 0 spiro atoms. The number of halogens is 2. The largest absolute Gasteiger partial charge is 0.379 e. The zero-order chi connectivity index (χ0) is 30.7. The van der Waals surface area contributed by atoms with Gasteiger partial charge >= 0.3 is 0 Å². The topological polar surface area (TPSA) is 124 Å². The predicted octanol–water partition coefficient (Wildman–Crippen LogP) is 1.40. The van der Waals surface area contributed by atoms with E-state index in [2.05, 4.69) is 49.0 Å². The number of primary amides is 1. The average molecular weight is 608 g/mol. The molecule has 43 heavy (non-hydrogen) atoms. The summed E-state index contributed by atoms with van der Waals surface area (Å²) in [7, 11) is 3.81. The number of imidazole rings is 1. The van der Waals surface area contributed by atoms with E-state index in [1.54, 1.807) is 14.1 Å². The van der Waals surface area contributed by atoms with Gasteiger partial charge in [0, 0.05) is 45.3 Å². The third-order valence-electron chi connectivity index (χ3n) is 7.77. The summed E-state index contributed by atoms with van der Waals surface area (Å²) in [5.41, 5.74) is 5.59. The molecule has 2 aliphatic rings. The highest BCUT2D eigenvalue weighted by Gasteiger charge is 2.41. The fraction of sp³-hybridized carbons (Fsp3) is 0.448. The van der Waals surface area contributed by atoms with Gasteiger partial charge in [0.15, 0.2) is 11.5 Å².